The predicted molar refractivity (Wildman–Crippen MR) is 89.5 cm³/mol. The number of Topliss-reactive ketones (excluding diaryl/α,β-unsaturated/α-hetero) is 1. The minimum atomic E-state index is -4.86. The van der Waals surface area contributed by atoms with Gasteiger partial charge in [-0.05, 0) is 6.07 Å². The van der Waals surface area contributed by atoms with E-state index in [9.17, 15) is 28.3 Å². The summed E-state index contributed by atoms with van der Waals surface area (Å²) in [5.41, 5.74) is -0.302. The normalized spacial score (nSPS) is 11.8. The van der Waals surface area contributed by atoms with Gasteiger partial charge in [0.2, 0.25) is 5.78 Å². The van der Waals surface area contributed by atoms with Gasteiger partial charge in [0.25, 0.3) is 0 Å². The van der Waals surface area contributed by atoms with E-state index in [0.717, 1.165) is 23.6 Å². The number of halogens is 1. The van der Waals surface area contributed by atoms with Crippen LogP contribution in [0.1, 0.15) is 39.2 Å². The third-order valence-electron chi connectivity index (χ3n) is 3.59. The minimum Gasteiger partial charge on any atom is -0.308 e. The molecule has 2 N–H and O–H groups in total. The Labute approximate surface area is 145 Å². The van der Waals surface area contributed by atoms with Gasteiger partial charge in [0, 0.05) is 23.4 Å². The molecule has 0 spiro atoms. The monoisotopic (exact) mass is 382 g/mol. The molecular formula is C15H12FN2O5PS. The number of nitrogens with zero attached hydrogens (tertiary/aromatic N) is 2. The molecule has 25 heavy (non-hydrogen) atoms. The molecule has 0 unspecified atom stereocenters. The van der Waals surface area contributed by atoms with E-state index < -0.39 is 19.3 Å². The third-order valence-corrected chi connectivity index (χ3v) is 5.31. The van der Waals surface area contributed by atoms with Gasteiger partial charge in [0.1, 0.15) is 11.5 Å². The molecule has 0 bridgehead atoms. The Bertz CT molecular complexity index is 1050. The van der Waals surface area contributed by atoms with Crippen LogP contribution in [0.2, 0.25) is 0 Å². The van der Waals surface area contributed by atoms with Crippen molar-refractivity contribution < 1.29 is 28.3 Å². The summed E-state index contributed by atoms with van der Waals surface area (Å²) in [6, 6.07) is 3.78. The van der Waals surface area contributed by atoms with Crippen molar-refractivity contribution in [2.24, 2.45) is 0 Å². The zero-order valence-electron chi connectivity index (χ0n) is 12.8. The topological polar surface area (TPSA) is 109 Å². The molecule has 0 saturated heterocycles. The Kier molecular flexibility index (Phi) is 4.42. The molecule has 0 aliphatic rings. The lowest BCUT2D eigenvalue weighted by Crippen LogP contribution is -2.03. The molecule has 3 aromatic rings. The number of para-hydroxylation sites is 1. The van der Waals surface area contributed by atoms with Gasteiger partial charge in [0.15, 0.2) is 10.8 Å². The number of benzene rings is 1. The van der Waals surface area contributed by atoms with Crippen molar-refractivity contribution in [3.8, 4) is 0 Å². The smallest absolute Gasteiger partial charge is 0.308 e. The van der Waals surface area contributed by atoms with E-state index >= 15 is 0 Å². The van der Waals surface area contributed by atoms with Gasteiger partial charge >= 0.3 is 7.75 Å². The molecule has 1 aromatic carbocycles. The maximum atomic E-state index is 14.1. The molecule has 0 aliphatic carbocycles. The van der Waals surface area contributed by atoms with E-state index in [-0.39, 0.29) is 39.4 Å². The second-order valence-electron chi connectivity index (χ2n) is 5.18. The third kappa shape index (κ3) is 3.07. The summed E-state index contributed by atoms with van der Waals surface area (Å²) >= 11 is 0.947. The van der Waals surface area contributed by atoms with E-state index in [2.05, 4.69) is 4.98 Å². The fourth-order valence-electron chi connectivity index (χ4n) is 2.41. The van der Waals surface area contributed by atoms with E-state index in [1.165, 1.54) is 17.5 Å². The quantitative estimate of drug-likeness (QED) is 0.519. The average molecular weight is 382 g/mol. The standard InChI is InChI=1S/C15H12FN2O5PS/c1-2-12(19)11-7-25-15(17-11)14(20)9-6-18(24(21,22)23)13-8(9)4-3-5-10(13)16/h3-7H,2H2,1H3,(H2,21,22,23). The molecular weight excluding hydrogens is 370 g/mol. The number of hydrogen-bond donors (Lipinski definition) is 2. The first-order chi connectivity index (χ1) is 11.7. The zero-order chi connectivity index (χ0) is 18.4. The Morgan fingerprint density at radius 3 is 2.72 bits per heavy atom. The number of rotatable bonds is 5. The highest BCUT2D eigenvalue weighted by Gasteiger charge is 2.27. The summed E-state index contributed by atoms with van der Waals surface area (Å²) in [6.07, 6.45) is 1.15. The molecule has 0 aliphatic heterocycles. The maximum absolute atomic E-state index is 14.1. The van der Waals surface area contributed by atoms with E-state index in [4.69, 9.17) is 0 Å². The highest BCUT2D eigenvalue weighted by Crippen LogP contribution is 2.43. The zero-order valence-corrected chi connectivity index (χ0v) is 14.6. The molecule has 0 saturated carbocycles. The van der Waals surface area contributed by atoms with E-state index in [1.807, 2.05) is 0 Å². The van der Waals surface area contributed by atoms with Gasteiger partial charge in [-0.2, -0.15) is 0 Å². The predicted octanol–water partition coefficient (Wildman–Crippen LogP) is 3.00. The van der Waals surface area contributed by atoms with Crippen LogP contribution in [0, 0.1) is 5.82 Å². The molecule has 10 heteroatoms. The van der Waals surface area contributed by atoms with Crippen LogP contribution < -0.4 is 0 Å². The fraction of sp³-hybridized carbons (Fsp3) is 0.133. The molecule has 2 aromatic heterocycles. The second kappa shape index (κ2) is 6.27. The van der Waals surface area contributed by atoms with Crippen molar-refractivity contribution >= 4 is 41.6 Å². The summed E-state index contributed by atoms with van der Waals surface area (Å²) in [5, 5.41) is 1.50. The number of carbonyl (C=O) groups is 2. The summed E-state index contributed by atoms with van der Waals surface area (Å²) in [4.78, 5) is 47.2. The number of fused-ring (bicyclic) bond motifs is 1. The summed E-state index contributed by atoms with van der Waals surface area (Å²) < 4.78 is 26.1. The van der Waals surface area contributed by atoms with Crippen molar-refractivity contribution in [1.82, 2.24) is 9.32 Å². The van der Waals surface area contributed by atoms with Crippen LogP contribution >= 0.6 is 19.1 Å². The van der Waals surface area contributed by atoms with Crippen LogP contribution in [-0.4, -0.2) is 30.7 Å². The minimum absolute atomic E-state index is 0.00850. The van der Waals surface area contributed by atoms with Crippen LogP contribution in [0.15, 0.2) is 29.8 Å². The number of thiazole rings is 1. The molecule has 0 radical (unpaired) electrons. The summed E-state index contributed by atoms with van der Waals surface area (Å²) in [6.45, 7) is 1.67. The second-order valence-corrected chi connectivity index (χ2v) is 7.50. The SMILES string of the molecule is CCC(=O)c1csc(C(=O)c2cn(P(=O)(O)O)c3c(F)cccc23)n1. The molecule has 0 amide bonds. The molecule has 3 rings (SSSR count). The first-order valence-electron chi connectivity index (χ1n) is 7.13. The van der Waals surface area contributed by atoms with Crippen molar-refractivity contribution in [1.29, 1.82) is 0 Å². The molecule has 2 heterocycles. The Morgan fingerprint density at radius 2 is 2.08 bits per heavy atom. The molecule has 0 atom stereocenters. The lowest BCUT2D eigenvalue weighted by Gasteiger charge is -2.06. The maximum Gasteiger partial charge on any atom is 0.434 e. The van der Waals surface area contributed by atoms with Crippen LogP contribution in [-0.2, 0) is 4.57 Å². The van der Waals surface area contributed by atoms with Gasteiger partial charge < -0.3 is 9.79 Å². The fourth-order valence-corrected chi connectivity index (χ4v) is 3.92. The first kappa shape index (κ1) is 17.6. The highest BCUT2D eigenvalue weighted by atomic mass is 32.1. The molecule has 0 fully saturated rings. The lowest BCUT2D eigenvalue weighted by molar-refractivity contribution is 0.0984. The highest BCUT2D eigenvalue weighted by molar-refractivity contribution is 7.50. The van der Waals surface area contributed by atoms with Gasteiger partial charge in [-0.1, -0.05) is 19.1 Å². The molecule has 130 valence electrons. The van der Waals surface area contributed by atoms with Gasteiger partial charge in [-0.25, -0.2) is 13.9 Å². The summed E-state index contributed by atoms with van der Waals surface area (Å²) in [5.74, 6) is -1.72. The van der Waals surface area contributed by atoms with E-state index in [0.29, 0.717) is 4.34 Å². The van der Waals surface area contributed by atoms with Crippen molar-refractivity contribution in [3.05, 3.63) is 51.9 Å². The number of hydrogen-bond acceptors (Lipinski definition) is 5. The average Bonchev–Trinajstić information content (AvgIpc) is 3.18. The number of aromatic nitrogens is 2. The Balaban J connectivity index is 2.18. The number of carbonyl (C=O) groups excluding carboxylic acids is 2. The van der Waals surface area contributed by atoms with Crippen molar-refractivity contribution in [2.75, 3.05) is 0 Å². The van der Waals surface area contributed by atoms with E-state index in [1.54, 1.807) is 6.92 Å². The van der Waals surface area contributed by atoms with Gasteiger partial charge in [0.05, 0.1) is 11.1 Å². The Hall–Kier alpha value is -2.19. The molecule has 7 nitrogen and oxygen atoms in total. The first-order valence-corrected chi connectivity index (χ1v) is 9.58. The largest absolute Gasteiger partial charge is 0.434 e. The van der Waals surface area contributed by atoms with Crippen LogP contribution in [0.3, 0.4) is 0 Å². The van der Waals surface area contributed by atoms with Gasteiger partial charge in [-0.3, -0.25) is 13.9 Å². The van der Waals surface area contributed by atoms with Crippen LogP contribution in [0.25, 0.3) is 10.9 Å². The number of ketones is 2. The van der Waals surface area contributed by atoms with Gasteiger partial charge in [-0.15, -0.1) is 11.3 Å². The van der Waals surface area contributed by atoms with Crippen LogP contribution in [0.5, 0.6) is 0 Å². The lowest BCUT2D eigenvalue weighted by atomic mass is 10.1. The Morgan fingerprint density at radius 1 is 1.36 bits per heavy atom. The van der Waals surface area contributed by atoms with Crippen LogP contribution in [0.4, 0.5) is 4.39 Å². The summed E-state index contributed by atoms with van der Waals surface area (Å²) in [7, 11) is -4.86. The van der Waals surface area contributed by atoms with Crippen molar-refractivity contribution in [3.63, 3.8) is 0 Å². The van der Waals surface area contributed by atoms with Crippen molar-refractivity contribution in [2.45, 2.75) is 13.3 Å².